The first-order valence-corrected chi connectivity index (χ1v) is 13.8. The number of rotatable bonds is 15. The molecule has 208 valence electrons. The summed E-state index contributed by atoms with van der Waals surface area (Å²) in [5.74, 6) is 0.0656. The average Bonchev–Trinajstić information content (AvgIpc) is 2.91. The van der Waals surface area contributed by atoms with E-state index in [0.29, 0.717) is 37.7 Å². The fourth-order valence-corrected chi connectivity index (χ4v) is 4.92. The number of hydrogen-bond donors (Lipinski definition) is 2. The number of urea groups is 1. The lowest BCUT2D eigenvalue weighted by Crippen LogP contribution is -2.38. The first-order valence-electron chi connectivity index (χ1n) is 13.8. The van der Waals surface area contributed by atoms with E-state index in [2.05, 4.69) is 5.32 Å². The molecule has 2 N–H and O–H groups in total. The number of carboxylic acids is 1. The lowest BCUT2D eigenvalue weighted by Gasteiger charge is -2.25. The highest BCUT2D eigenvalue weighted by Crippen LogP contribution is 2.27. The third-order valence-electron chi connectivity index (χ3n) is 7.00. The van der Waals surface area contributed by atoms with E-state index in [9.17, 15) is 19.1 Å². The first kappa shape index (κ1) is 29.4. The highest BCUT2D eigenvalue weighted by molar-refractivity contribution is 5.89. The average molecular weight is 529 g/mol. The summed E-state index contributed by atoms with van der Waals surface area (Å²) in [6, 6.07) is 12.8. The number of aliphatic carboxylic acids is 1. The summed E-state index contributed by atoms with van der Waals surface area (Å²) in [5, 5.41) is 12.1. The van der Waals surface area contributed by atoms with Crippen LogP contribution in [0.2, 0.25) is 0 Å². The van der Waals surface area contributed by atoms with Crippen LogP contribution in [0, 0.1) is 11.7 Å². The van der Waals surface area contributed by atoms with Gasteiger partial charge < -0.3 is 24.8 Å². The molecular formula is C30H41FN2O5. The van der Waals surface area contributed by atoms with Crippen molar-refractivity contribution in [3.8, 4) is 5.75 Å². The van der Waals surface area contributed by atoms with Crippen LogP contribution in [0.3, 0.4) is 0 Å². The van der Waals surface area contributed by atoms with E-state index in [4.69, 9.17) is 9.47 Å². The lowest BCUT2D eigenvalue weighted by molar-refractivity contribution is -0.149. The molecule has 1 atom stereocenters. The quantitative estimate of drug-likeness (QED) is 0.257. The molecular weight excluding hydrogens is 487 g/mol. The lowest BCUT2D eigenvalue weighted by atomic mass is 9.86. The Balaban J connectivity index is 1.51. The second-order valence-electron chi connectivity index (χ2n) is 9.91. The van der Waals surface area contributed by atoms with Crippen LogP contribution in [0.1, 0.15) is 63.9 Å². The Bertz CT molecular complexity index is 994. The summed E-state index contributed by atoms with van der Waals surface area (Å²) >= 11 is 0. The summed E-state index contributed by atoms with van der Waals surface area (Å²) in [4.78, 5) is 26.0. The van der Waals surface area contributed by atoms with E-state index >= 15 is 0 Å². The molecule has 2 amide bonds. The summed E-state index contributed by atoms with van der Waals surface area (Å²) in [6.45, 7) is 3.39. The van der Waals surface area contributed by atoms with Gasteiger partial charge in [0, 0.05) is 25.3 Å². The Morgan fingerprint density at radius 2 is 1.84 bits per heavy atom. The Kier molecular flexibility index (Phi) is 12.4. The summed E-state index contributed by atoms with van der Waals surface area (Å²) in [6.07, 6.45) is 9.24. The van der Waals surface area contributed by atoms with Crippen molar-refractivity contribution in [3.63, 3.8) is 0 Å². The third kappa shape index (κ3) is 10.3. The second kappa shape index (κ2) is 16.0. The van der Waals surface area contributed by atoms with Gasteiger partial charge in [-0.2, -0.15) is 0 Å². The van der Waals surface area contributed by atoms with Crippen molar-refractivity contribution < 1.29 is 28.6 Å². The molecule has 1 unspecified atom stereocenters. The highest BCUT2D eigenvalue weighted by Gasteiger charge is 2.18. The maximum Gasteiger partial charge on any atom is 0.333 e. The number of carboxylic acid groups (broad SMARTS) is 1. The van der Waals surface area contributed by atoms with E-state index in [0.717, 1.165) is 24.3 Å². The van der Waals surface area contributed by atoms with Crippen molar-refractivity contribution in [1.29, 1.82) is 0 Å². The number of halogens is 1. The predicted octanol–water partition coefficient (Wildman–Crippen LogP) is 6.52. The molecule has 1 fully saturated rings. The number of carbonyl (C=O) groups excluding carboxylic acids is 1. The van der Waals surface area contributed by atoms with Gasteiger partial charge in [-0.15, -0.1) is 0 Å². The molecule has 0 spiro atoms. The van der Waals surface area contributed by atoms with Crippen molar-refractivity contribution in [2.45, 2.75) is 70.8 Å². The Morgan fingerprint density at radius 3 is 2.53 bits per heavy atom. The number of hydrogen-bond acceptors (Lipinski definition) is 4. The van der Waals surface area contributed by atoms with E-state index < -0.39 is 17.9 Å². The molecule has 0 aromatic heterocycles. The number of unbranched alkanes of at least 4 members (excludes halogenated alkanes) is 1. The molecule has 1 aliphatic rings. The Labute approximate surface area is 225 Å². The van der Waals surface area contributed by atoms with Gasteiger partial charge >= 0.3 is 12.0 Å². The van der Waals surface area contributed by atoms with Gasteiger partial charge in [-0.3, -0.25) is 0 Å². The van der Waals surface area contributed by atoms with E-state index in [1.54, 1.807) is 36.1 Å². The van der Waals surface area contributed by atoms with Crippen LogP contribution in [-0.4, -0.2) is 54.4 Å². The number of benzene rings is 2. The fourth-order valence-electron chi connectivity index (χ4n) is 4.92. The normalized spacial score (nSPS) is 14.6. The second-order valence-corrected chi connectivity index (χ2v) is 9.91. The third-order valence-corrected chi connectivity index (χ3v) is 7.00. The molecule has 8 heteroatoms. The van der Waals surface area contributed by atoms with Crippen LogP contribution in [0.5, 0.6) is 5.75 Å². The standard InChI is InChI=1S/C30H41FN2O5/c1-2-37-28(29(34)35)21-24-14-16-27(17-15-24)38-20-19-33(18-7-6-11-23-9-4-3-5-10-23)30(36)32-26-13-8-12-25(31)22-26/h8,12-17,22-23,28H,2-7,9-11,18-21H2,1H3,(H,32,36)(H,34,35). The zero-order valence-corrected chi connectivity index (χ0v) is 22.4. The topological polar surface area (TPSA) is 88.1 Å². The van der Waals surface area contributed by atoms with Crippen LogP contribution in [0.15, 0.2) is 48.5 Å². The van der Waals surface area contributed by atoms with Crippen molar-refractivity contribution in [1.82, 2.24) is 4.90 Å². The summed E-state index contributed by atoms with van der Waals surface area (Å²) in [5.41, 5.74) is 1.26. The Morgan fingerprint density at radius 1 is 1.08 bits per heavy atom. The molecule has 1 aliphatic carbocycles. The molecule has 0 bridgehead atoms. The molecule has 0 heterocycles. The van der Waals surface area contributed by atoms with Crippen molar-refractivity contribution in [2.24, 2.45) is 5.92 Å². The van der Waals surface area contributed by atoms with Gasteiger partial charge in [0.25, 0.3) is 0 Å². The van der Waals surface area contributed by atoms with E-state index in [1.807, 2.05) is 12.1 Å². The van der Waals surface area contributed by atoms with E-state index in [1.165, 1.54) is 50.7 Å². The summed E-state index contributed by atoms with van der Waals surface area (Å²) in [7, 11) is 0. The first-order chi connectivity index (χ1) is 18.4. The number of anilines is 1. The van der Waals surface area contributed by atoms with Crippen LogP contribution >= 0.6 is 0 Å². The minimum atomic E-state index is -0.984. The van der Waals surface area contributed by atoms with Crippen LogP contribution in [0.25, 0.3) is 0 Å². The van der Waals surface area contributed by atoms with Gasteiger partial charge in [0.1, 0.15) is 18.2 Å². The molecule has 7 nitrogen and oxygen atoms in total. The smallest absolute Gasteiger partial charge is 0.333 e. The number of nitrogens with zero attached hydrogens (tertiary/aromatic N) is 1. The molecule has 0 saturated heterocycles. The molecule has 3 rings (SSSR count). The zero-order valence-electron chi connectivity index (χ0n) is 22.4. The Hall–Kier alpha value is -3.13. The number of amides is 2. The maximum atomic E-state index is 13.6. The van der Waals surface area contributed by atoms with E-state index in [-0.39, 0.29) is 12.5 Å². The minimum Gasteiger partial charge on any atom is -0.492 e. The SMILES string of the molecule is CCOC(Cc1ccc(OCCN(CCCCC2CCCCC2)C(=O)Nc2cccc(F)c2)cc1)C(=O)O. The fraction of sp³-hybridized carbons (Fsp3) is 0.533. The number of carbonyl (C=O) groups is 2. The van der Waals surface area contributed by atoms with Crippen LogP contribution in [-0.2, 0) is 16.0 Å². The zero-order chi connectivity index (χ0) is 27.2. The number of ether oxygens (including phenoxy) is 2. The van der Waals surface area contributed by atoms with Crippen molar-refractivity contribution in [3.05, 3.63) is 59.9 Å². The van der Waals surface area contributed by atoms with Crippen LogP contribution in [0.4, 0.5) is 14.9 Å². The van der Waals surface area contributed by atoms with Gasteiger partial charge in [0.15, 0.2) is 6.10 Å². The molecule has 2 aromatic carbocycles. The van der Waals surface area contributed by atoms with Gasteiger partial charge in [0.2, 0.25) is 0 Å². The molecule has 2 aromatic rings. The summed E-state index contributed by atoms with van der Waals surface area (Å²) < 4.78 is 24.8. The molecule has 38 heavy (non-hydrogen) atoms. The molecule has 0 radical (unpaired) electrons. The monoisotopic (exact) mass is 528 g/mol. The highest BCUT2D eigenvalue weighted by atomic mass is 19.1. The predicted molar refractivity (Wildman–Crippen MR) is 146 cm³/mol. The van der Waals surface area contributed by atoms with Crippen molar-refractivity contribution in [2.75, 3.05) is 31.6 Å². The largest absolute Gasteiger partial charge is 0.492 e. The minimum absolute atomic E-state index is 0.275. The van der Waals surface area contributed by atoms with Crippen LogP contribution < -0.4 is 10.1 Å². The maximum absolute atomic E-state index is 13.6. The van der Waals surface area contributed by atoms with Gasteiger partial charge in [-0.25, -0.2) is 14.0 Å². The van der Waals surface area contributed by atoms with Gasteiger partial charge in [0.05, 0.1) is 6.54 Å². The van der Waals surface area contributed by atoms with Gasteiger partial charge in [-0.05, 0) is 55.2 Å². The molecule has 0 aliphatic heterocycles. The number of nitrogens with one attached hydrogen (secondary N) is 1. The molecule has 1 saturated carbocycles. The van der Waals surface area contributed by atoms with Gasteiger partial charge in [-0.1, -0.05) is 63.1 Å². The van der Waals surface area contributed by atoms with Crippen molar-refractivity contribution >= 4 is 17.7 Å².